The van der Waals surface area contributed by atoms with E-state index in [1.165, 1.54) is 0 Å². The molecule has 0 fully saturated rings. The normalized spacial score (nSPS) is 11.3. The number of aromatic nitrogens is 6. The lowest BCUT2D eigenvalue weighted by Crippen LogP contribution is -1.87. The number of nitrogens with one attached hydrogen (secondary N) is 2. The molecule has 86 valence electrons. The highest BCUT2D eigenvalue weighted by molar-refractivity contribution is 5.99. The number of hydrogen-bond acceptors (Lipinski definition) is 4. The van der Waals surface area contributed by atoms with Crippen LogP contribution in [-0.2, 0) is 0 Å². The molecule has 0 atom stereocenters. The van der Waals surface area contributed by atoms with Gasteiger partial charge in [-0.15, -0.1) is 0 Å². The predicted molar refractivity (Wildman–Crippen MR) is 66.8 cm³/mol. The highest BCUT2D eigenvalue weighted by atomic mass is 15.1. The Balaban J connectivity index is 2.13. The summed E-state index contributed by atoms with van der Waals surface area (Å²) in [5.41, 5.74) is 3.42. The van der Waals surface area contributed by atoms with Crippen LogP contribution < -0.4 is 0 Å². The third kappa shape index (κ3) is 1.17. The first-order chi connectivity index (χ1) is 8.93. The van der Waals surface area contributed by atoms with Crippen LogP contribution in [0.15, 0.2) is 36.9 Å². The van der Waals surface area contributed by atoms with E-state index in [-0.39, 0.29) is 0 Å². The molecule has 0 aliphatic carbocycles. The van der Waals surface area contributed by atoms with Gasteiger partial charge in [0.05, 0.1) is 11.9 Å². The zero-order valence-corrected chi connectivity index (χ0v) is 9.25. The minimum atomic E-state index is 0.752. The maximum atomic E-state index is 4.43. The maximum absolute atomic E-state index is 4.43. The van der Waals surface area contributed by atoms with Gasteiger partial charge in [-0.05, 0) is 12.1 Å². The van der Waals surface area contributed by atoms with Gasteiger partial charge in [-0.2, -0.15) is 10.2 Å². The van der Waals surface area contributed by atoms with E-state index in [2.05, 4.69) is 30.4 Å². The zero-order chi connectivity index (χ0) is 11.9. The third-order valence-electron chi connectivity index (χ3n) is 2.96. The fraction of sp³-hybridized carbons (Fsp3) is 0. The molecule has 0 bridgehead atoms. The monoisotopic (exact) mass is 236 g/mol. The van der Waals surface area contributed by atoms with E-state index in [1.54, 1.807) is 18.6 Å². The Hall–Kier alpha value is -2.76. The Bertz CT molecular complexity index is 772. The van der Waals surface area contributed by atoms with Crippen molar-refractivity contribution >= 4 is 21.9 Å². The van der Waals surface area contributed by atoms with E-state index in [9.17, 15) is 0 Å². The van der Waals surface area contributed by atoms with Gasteiger partial charge in [0, 0.05) is 34.9 Å². The largest absolute Gasteiger partial charge is 0.284 e. The average molecular weight is 236 g/mol. The number of rotatable bonds is 1. The molecule has 0 unspecified atom stereocenters. The van der Waals surface area contributed by atoms with Gasteiger partial charge in [0.25, 0.3) is 0 Å². The maximum Gasteiger partial charge on any atom is 0.155 e. The van der Waals surface area contributed by atoms with Gasteiger partial charge in [0.1, 0.15) is 5.52 Å². The number of pyridine rings is 2. The lowest BCUT2D eigenvalue weighted by molar-refractivity contribution is 1.10. The molecule has 0 aromatic carbocycles. The van der Waals surface area contributed by atoms with Crippen LogP contribution in [0.2, 0.25) is 0 Å². The summed E-state index contributed by atoms with van der Waals surface area (Å²) in [5.74, 6) is 0. The van der Waals surface area contributed by atoms with Crippen LogP contribution in [0.25, 0.3) is 33.2 Å². The summed E-state index contributed by atoms with van der Waals surface area (Å²) in [6, 6.07) is 3.85. The van der Waals surface area contributed by atoms with Gasteiger partial charge in [-0.3, -0.25) is 15.2 Å². The SMILES string of the molecule is c1cc2c[nH]nc2c(-c2ccnc3[nH]ncc23)n1. The summed E-state index contributed by atoms with van der Waals surface area (Å²) in [4.78, 5) is 8.65. The van der Waals surface area contributed by atoms with E-state index in [0.29, 0.717) is 0 Å². The van der Waals surface area contributed by atoms with E-state index in [4.69, 9.17) is 0 Å². The van der Waals surface area contributed by atoms with Crippen molar-refractivity contribution in [3.63, 3.8) is 0 Å². The molecule has 6 heteroatoms. The van der Waals surface area contributed by atoms with Crippen molar-refractivity contribution in [2.75, 3.05) is 0 Å². The summed E-state index contributed by atoms with van der Waals surface area (Å²) in [6.45, 7) is 0. The molecule has 0 saturated carbocycles. The van der Waals surface area contributed by atoms with E-state index >= 15 is 0 Å². The molecule has 0 spiro atoms. The van der Waals surface area contributed by atoms with Crippen LogP contribution in [0.5, 0.6) is 0 Å². The van der Waals surface area contributed by atoms with Crippen molar-refractivity contribution in [2.24, 2.45) is 0 Å². The lowest BCUT2D eigenvalue weighted by Gasteiger charge is -2.02. The van der Waals surface area contributed by atoms with Crippen LogP contribution >= 0.6 is 0 Å². The molecule has 0 amide bonds. The van der Waals surface area contributed by atoms with Crippen molar-refractivity contribution in [3.8, 4) is 11.3 Å². The van der Waals surface area contributed by atoms with Gasteiger partial charge >= 0.3 is 0 Å². The van der Waals surface area contributed by atoms with Crippen LogP contribution in [0, 0.1) is 0 Å². The molecule has 4 rings (SSSR count). The van der Waals surface area contributed by atoms with Crippen LogP contribution in [0.3, 0.4) is 0 Å². The molecule has 2 N–H and O–H groups in total. The highest BCUT2D eigenvalue weighted by Gasteiger charge is 2.11. The quantitative estimate of drug-likeness (QED) is 0.528. The fourth-order valence-corrected chi connectivity index (χ4v) is 2.12. The second kappa shape index (κ2) is 3.36. The lowest BCUT2D eigenvalue weighted by atomic mass is 10.1. The Morgan fingerprint density at radius 2 is 2.00 bits per heavy atom. The van der Waals surface area contributed by atoms with Crippen molar-refractivity contribution in [2.45, 2.75) is 0 Å². The summed E-state index contributed by atoms with van der Waals surface area (Å²) in [7, 11) is 0. The Labute approximate surface area is 101 Å². The summed E-state index contributed by atoms with van der Waals surface area (Å²) < 4.78 is 0. The first-order valence-corrected chi connectivity index (χ1v) is 5.50. The minimum absolute atomic E-state index is 0.752. The molecule has 0 aliphatic heterocycles. The Kier molecular flexibility index (Phi) is 1.74. The minimum Gasteiger partial charge on any atom is -0.284 e. The summed E-state index contributed by atoms with van der Waals surface area (Å²) in [5, 5.41) is 16.0. The van der Waals surface area contributed by atoms with Gasteiger partial charge < -0.3 is 0 Å². The van der Waals surface area contributed by atoms with Gasteiger partial charge in [0.2, 0.25) is 0 Å². The molecule has 4 aromatic rings. The first kappa shape index (κ1) is 9.29. The molecular formula is C12H8N6. The number of hydrogen-bond donors (Lipinski definition) is 2. The highest BCUT2D eigenvalue weighted by Crippen LogP contribution is 2.29. The number of fused-ring (bicyclic) bond motifs is 2. The van der Waals surface area contributed by atoms with Crippen molar-refractivity contribution in [1.29, 1.82) is 0 Å². The standard InChI is InChI=1S/C12H8N6/c1-3-13-11(10-7(1)5-15-17-10)8-2-4-14-12-9(8)6-16-18-12/h1-6H,(H,15,17)(H,14,16,18). The molecule has 4 aromatic heterocycles. The molecule has 0 radical (unpaired) electrons. The van der Waals surface area contributed by atoms with E-state index < -0.39 is 0 Å². The fourth-order valence-electron chi connectivity index (χ4n) is 2.12. The van der Waals surface area contributed by atoms with Gasteiger partial charge in [0.15, 0.2) is 5.65 Å². The summed E-state index contributed by atoms with van der Waals surface area (Å²) >= 11 is 0. The molecule has 18 heavy (non-hydrogen) atoms. The second-order valence-corrected chi connectivity index (χ2v) is 3.97. The topological polar surface area (TPSA) is 83.1 Å². The van der Waals surface area contributed by atoms with Crippen molar-refractivity contribution < 1.29 is 0 Å². The number of H-pyrrole nitrogens is 2. The molecule has 4 heterocycles. The van der Waals surface area contributed by atoms with Crippen LogP contribution in [-0.4, -0.2) is 30.4 Å². The van der Waals surface area contributed by atoms with Gasteiger partial charge in [-0.25, -0.2) is 4.98 Å². The number of nitrogens with zero attached hydrogens (tertiary/aromatic N) is 4. The first-order valence-electron chi connectivity index (χ1n) is 5.50. The smallest absolute Gasteiger partial charge is 0.155 e. The molecule has 0 saturated heterocycles. The van der Waals surface area contributed by atoms with Gasteiger partial charge in [-0.1, -0.05) is 0 Å². The molecular weight excluding hydrogens is 228 g/mol. The molecule has 6 nitrogen and oxygen atoms in total. The van der Waals surface area contributed by atoms with Crippen LogP contribution in [0.4, 0.5) is 0 Å². The van der Waals surface area contributed by atoms with Crippen LogP contribution in [0.1, 0.15) is 0 Å². The predicted octanol–water partition coefficient (Wildman–Crippen LogP) is 1.90. The third-order valence-corrected chi connectivity index (χ3v) is 2.96. The zero-order valence-electron chi connectivity index (χ0n) is 9.25. The second-order valence-electron chi connectivity index (χ2n) is 3.97. The molecule has 0 aliphatic rings. The Morgan fingerprint density at radius 1 is 1.06 bits per heavy atom. The van der Waals surface area contributed by atoms with E-state index in [1.807, 2.05) is 18.3 Å². The number of aromatic amines is 2. The van der Waals surface area contributed by atoms with E-state index in [0.717, 1.165) is 33.2 Å². The van der Waals surface area contributed by atoms with Crippen molar-refractivity contribution in [1.82, 2.24) is 30.4 Å². The average Bonchev–Trinajstić information content (AvgIpc) is 3.06. The summed E-state index contributed by atoms with van der Waals surface area (Å²) in [6.07, 6.45) is 7.13. The van der Waals surface area contributed by atoms with Crippen molar-refractivity contribution in [3.05, 3.63) is 36.9 Å². The Morgan fingerprint density at radius 3 is 3.00 bits per heavy atom.